The highest BCUT2D eigenvalue weighted by Gasteiger charge is 2.20. The van der Waals surface area contributed by atoms with Gasteiger partial charge in [0.1, 0.15) is 0 Å². The fraction of sp³-hybridized carbons (Fsp3) is 0.920. The standard InChI is InChI=1S/C25H49O2/c1-4-6-8-10-11-12-13-14-15-16-17-19-21-24(25(26)27)22-23(3)20-18-9-7-5-2/h22-24H,4-21H2,1-3H3,(H,26,27)/t23?,24-/m1/s1. The van der Waals surface area contributed by atoms with Gasteiger partial charge in [-0.1, -0.05) is 130 Å². The van der Waals surface area contributed by atoms with Gasteiger partial charge in [-0.05, 0) is 18.8 Å². The van der Waals surface area contributed by atoms with E-state index in [1.165, 1.54) is 96.3 Å². The van der Waals surface area contributed by atoms with Crippen molar-refractivity contribution in [3.63, 3.8) is 0 Å². The van der Waals surface area contributed by atoms with Gasteiger partial charge < -0.3 is 5.11 Å². The van der Waals surface area contributed by atoms with Crippen molar-refractivity contribution in [1.29, 1.82) is 0 Å². The molecule has 0 amide bonds. The number of carboxylic acid groups (broad SMARTS) is 1. The molecule has 1 unspecified atom stereocenters. The van der Waals surface area contributed by atoms with E-state index < -0.39 is 5.97 Å². The van der Waals surface area contributed by atoms with Gasteiger partial charge in [-0.3, -0.25) is 4.79 Å². The summed E-state index contributed by atoms with van der Waals surface area (Å²) in [6, 6.07) is 0. The molecule has 1 radical (unpaired) electrons. The van der Waals surface area contributed by atoms with E-state index in [0.29, 0.717) is 5.92 Å². The molecule has 0 bridgehead atoms. The molecule has 0 heterocycles. The first-order valence-corrected chi connectivity index (χ1v) is 12.2. The zero-order chi connectivity index (χ0) is 20.2. The minimum Gasteiger partial charge on any atom is -0.481 e. The van der Waals surface area contributed by atoms with Crippen LogP contribution in [0, 0.1) is 18.3 Å². The lowest BCUT2D eigenvalue weighted by Crippen LogP contribution is -2.17. The summed E-state index contributed by atoms with van der Waals surface area (Å²) < 4.78 is 0. The van der Waals surface area contributed by atoms with Crippen LogP contribution in [0.25, 0.3) is 0 Å². The van der Waals surface area contributed by atoms with Crippen molar-refractivity contribution in [1.82, 2.24) is 0 Å². The number of hydrogen-bond acceptors (Lipinski definition) is 1. The highest BCUT2D eigenvalue weighted by Crippen LogP contribution is 2.23. The molecule has 1 N–H and O–H groups in total. The maximum atomic E-state index is 11.5. The van der Waals surface area contributed by atoms with Gasteiger partial charge in [0.2, 0.25) is 0 Å². The second kappa shape index (κ2) is 20.2. The second-order valence-electron chi connectivity index (χ2n) is 8.64. The average Bonchev–Trinajstić information content (AvgIpc) is 2.65. The van der Waals surface area contributed by atoms with Crippen LogP contribution in [-0.2, 0) is 4.79 Å². The van der Waals surface area contributed by atoms with E-state index in [1.807, 2.05) is 0 Å². The van der Waals surface area contributed by atoms with Gasteiger partial charge in [0.15, 0.2) is 0 Å². The number of unbranched alkanes of at least 4 members (excludes halogenated alkanes) is 14. The lowest BCUT2D eigenvalue weighted by atomic mass is 9.88. The number of aliphatic carboxylic acids is 1. The first kappa shape index (κ1) is 26.5. The van der Waals surface area contributed by atoms with Gasteiger partial charge >= 0.3 is 5.97 Å². The van der Waals surface area contributed by atoms with E-state index in [9.17, 15) is 9.90 Å². The fourth-order valence-electron chi connectivity index (χ4n) is 3.89. The summed E-state index contributed by atoms with van der Waals surface area (Å²) in [5, 5.41) is 9.48. The summed E-state index contributed by atoms with van der Waals surface area (Å²) in [5.74, 6) is -0.437. The van der Waals surface area contributed by atoms with Gasteiger partial charge in [-0.15, -0.1) is 0 Å². The van der Waals surface area contributed by atoms with Crippen molar-refractivity contribution >= 4 is 5.97 Å². The van der Waals surface area contributed by atoms with Crippen molar-refractivity contribution < 1.29 is 9.90 Å². The minimum atomic E-state index is -0.626. The first-order chi connectivity index (χ1) is 13.1. The lowest BCUT2D eigenvalue weighted by Gasteiger charge is -2.17. The summed E-state index contributed by atoms with van der Waals surface area (Å²) in [6.45, 7) is 6.68. The Bertz CT molecular complexity index is 313. The Morgan fingerprint density at radius 2 is 1.04 bits per heavy atom. The molecule has 0 spiro atoms. The van der Waals surface area contributed by atoms with Crippen LogP contribution in [0.5, 0.6) is 0 Å². The fourth-order valence-corrected chi connectivity index (χ4v) is 3.89. The molecule has 2 heteroatoms. The Morgan fingerprint density at radius 3 is 1.48 bits per heavy atom. The first-order valence-electron chi connectivity index (χ1n) is 12.2. The van der Waals surface area contributed by atoms with Crippen molar-refractivity contribution in [3.05, 3.63) is 6.42 Å². The Labute approximate surface area is 170 Å². The van der Waals surface area contributed by atoms with Crippen LogP contribution in [0.4, 0.5) is 0 Å². The monoisotopic (exact) mass is 381 g/mol. The van der Waals surface area contributed by atoms with Gasteiger partial charge in [0.25, 0.3) is 0 Å². The van der Waals surface area contributed by atoms with Crippen LogP contribution >= 0.6 is 0 Å². The van der Waals surface area contributed by atoms with E-state index in [-0.39, 0.29) is 5.92 Å². The molecule has 0 aliphatic carbocycles. The molecule has 27 heavy (non-hydrogen) atoms. The molecule has 2 nitrogen and oxygen atoms in total. The Morgan fingerprint density at radius 1 is 0.667 bits per heavy atom. The third-order valence-electron chi connectivity index (χ3n) is 5.76. The molecule has 0 aliphatic heterocycles. The summed E-state index contributed by atoms with van der Waals surface area (Å²) in [5.41, 5.74) is 0. The molecule has 0 saturated heterocycles. The molecule has 0 fully saturated rings. The van der Waals surface area contributed by atoms with Crippen LogP contribution < -0.4 is 0 Å². The molecular weight excluding hydrogens is 332 g/mol. The average molecular weight is 382 g/mol. The van der Waals surface area contributed by atoms with Crippen molar-refractivity contribution in [2.45, 2.75) is 136 Å². The van der Waals surface area contributed by atoms with Crippen LogP contribution in [0.15, 0.2) is 0 Å². The Balaban J connectivity index is 3.58. The predicted molar refractivity (Wildman–Crippen MR) is 119 cm³/mol. The molecule has 0 aromatic carbocycles. The Kier molecular flexibility index (Phi) is 19.8. The largest absolute Gasteiger partial charge is 0.481 e. The smallest absolute Gasteiger partial charge is 0.306 e. The number of hydrogen-bond donors (Lipinski definition) is 1. The van der Waals surface area contributed by atoms with Crippen molar-refractivity contribution in [3.8, 4) is 0 Å². The van der Waals surface area contributed by atoms with Gasteiger partial charge in [0, 0.05) is 0 Å². The number of rotatable bonds is 21. The van der Waals surface area contributed by atoms with E-state index in [4.69, 9.17) is 0 Å². The van der Waals surface area contributed by atoms with E-state index in [2.05, 4.69) is 27.2 Å². The second-order valence-corrected chi connectivity index (χ2v) is 8.64. The summed E-state index contributed by atoms with van der Waals surface area (Å²) in [6.07, 6.45) is 25.1. The highest BCUT2D eigenvalue weighted by molar-refractivity contribution is 5.71. The SMILES string of the molecule is CCCCCCCCCCCCCC[C@H]([CH]C(C)CCCCCC)C(=O)O. The van der Waals surface area contributed by atoms with Gasteiger partial charge in [-0.25, -0.2) is 0 Å². The van der Waals surface area contributed by atoms with E-state index in [1.54, 1.807) is 0 Å². The third-order valence-corrected chi connectivity index (χ3v) is 5.76. The summed E-state index contributed by atoms with van der Waals surface area (Å²) >= 11 is 0. The Hall–Kier alpha value is -0.530. The summed E-state index contributed by atoms with van der Waals surface area (Å²) in [4.78, 5) is 11.5. The molecule has 0 aromatic rings. The molecule has 161 valence electrons. The molecular formula is C25H49O2. The maximum absolute atomic E-state index is 11.5. The topological polar surface area (TPSA) is 37.3 Å². The predicted octanol–water partition coefficient (Wildman–Crippen LogP) is 8.59. The lowest BCUT2D eigenvalue weighted by molar-refractivity contribution is -0.141. The van der Waals surface area contributed by atoms with Crippen LogP contribution in [-0.4, -0.2) is 11.1 Å². The molecule has 0 saturated carbocycles. The zero-order valence-electron chi connectivity index (χ0n) is 18.8. The van der Waals surface area contributed by atoms with Crippen molar-refractivity contribution in [2.24, 2.45) is 11.8 Å². The molecule has 0 aliphatic rings. The summed E-state index contributed by atoms with van der Waals surface area (Å²) in [7, 11) is 0. The van der Waals surface area contributed by atoms with E-state index in [0.717, 1.165) is 19.3 Å². The number of carboxylic acids is 1. The number of carbonyl (C=O) groups is 1. The quantitative estimate of drug-likeness (QED) is 0.202. The normalized spacial score (nSPS) is 13.6. The molecule has 0 aromatic heterocycles. The van der Waals surface area contributed by atoms with Crippen LogP contribution in [0.1, 0.15) is 136 Å². The molecule has 2 atom stereocenters. The van der Waals surface area contributed by atoms with Crippen LogP contribution in [0.3, 0.4) is 0 Å². The van der Waals surface area contributed by atoms with E-state index >= 15 is 0 Å². The van der Waals surface area contributed by atoms with Crippen LogP contribution in [0.2, 0.25) is 0 Å². The van der Waals surface area contributed by atoms with Gasteiger partial charge in [0.05, 0.1) is 5.92 Å². The maximum Gasteiger partial charge on any atom is 0.306 e. The van der Waals surface area contributed by atoms with Crippen molar-refractivity contribution in [2.75, 3.05) is 0 Å². The minimum absolute atomic E-state index is 0.241. The molecule has 0 rings (SSSR count). The third kappa shape index (κ3) is 18.6. The highest BCUT2D eigenvalue weighted by atomic mass is 16.4. The van der Waals surface area contributed by atoms with Gasteiger partial charge in [-0.2, -0.15) is 0 Å². The zero-order valence-corrected chi connectivity index (χ0v) is 18.8.